The second-order valence-electron chi connectivity index (χ2n) is 8.66. The molecule has 0 N–H and O–H groups in total. The summed E-state index contributed by atoms with van der Waals surface area (Å²) in [6, 6.07) is 14.9. The number of piperidine rings is 1. The summed E-state index contributed by atoms with van der Waals surface area (Å²) >= 11 is 5.23. The Balaban J connectivity index is 1.66. The first-order valence-corrected chi connectivity index (χ1v) is 10.9. The molecule has 3 rings (SSSR count). The number of hydrogen-bond donors (Lipinski definition) is 0. The minimum absolute atomic E-state index is 0.0205. The van der Waals surface area contributed by atoms with Crippen molar-refractivity contribution in [3.8, 4) is 11.5 Å². The first-order chi connectivity index (χ1) is 15.1. The van der Waals surface area contributed by atoms with Crippen molar-refractivity contribution in [3.05, 3.63) is 60.4 Å². The molecular weight excluding hydrogens is 433 g/mol. The monoisotopic (exact) mass is 461 g/mol. The Morgan fingerprint density at radius 3 is 2.25 bits per heavy atom. The van der Waals surface area contributed by atoms with Gasteiger partial charge in [-0.2, -0.15) is 0 Å². The van der Waals surface area contributed by atoms with Crippen molar-refractivity contribution in [3.63, 3.8) is 0 Å². The molecule has 0 aromatic heterocycles. The highest BCUT2D eigenvalue weighted by atomic mass is 32.1. The average molecular weight is 462 g/mol. The summed E-state index contributed by atoms with van der Waals surface area (Å²) < 4.78 is 36.3. The summed E-state index contributed by atoms with van der Waals surface area (Å²) in [5.41, 5.74) is -1.33. The van der Waals surface area contributed by atoms with Gasteiger partial charge in [-0.25, -0.2) is 9.18 Å². The van der Waals surface area contributed by atoms with E-state index in [1.54, 1.807) is 29.2 Å². The van der Waals surface area contributed by atoms with E-state index in [4.69, 9.17) is 31.2 Å². The van der Waals surface area contributed by atoms with Crippen LogP contribution in [0.15, 0.2) is 54.6 Å². The van der Waals surface area contributed by atoms with Crippen LogP contribution < -0.4 is 9.47 Å². The van der Waals surface area contributed by atoms with Gasteiger partial charge in [0.15, 0.2) is 0 Å². The van der Waals surface area contributed by atoms with Gasteiger partial charge in [-0.3, -0.25) is 0 Å². The molecule has 0 spiro atoms. The van der Waals surface area contributed by atoms with Crippen LogP contribution in [0.5, 0.6) is 11.5 Å². The van der Waals surface area contributed by atoms with Gasteiger partial charge in [0.2, 0.25) is 0 Å². The second-order valence-corrected chi connectivity index (χ2v) is 8.99. The molecule has 0 aliphatic carbocycles. The Morgan fingerprint density at radius 2 is 1.66 bits per heavy atom. The summed E-state index contributed by atoms with van der Waals surface area (Å²) in [5.74, 6) is 0.737. The van der Waals surface area contributed by atoms with E-state index >= 15 is 0 Å². The topological polar surface area (TPSA) is 57.2 Å². The zero-order valence-electron chi connectivity index (χ0n) is 18.5. The molecule has 1 amide bonds. The van der Waals surface area contributed by atoms with Gasteiger partial charge in [0.25, 0.3) is 0 Å². The normalized spacial score (nSPS) is 15.6. The van der Waals surface area contributed by atoms with Crippen molar-refractivity contribution in [2.45, 2.75) is 44.8 Å². The zero-order valence-corrected chi connectivity index (χ0v) is 19.3. The number of nitrogens with zero attached hydrogens (tertiary/aromatic N) is 1. The molecule has 2 aromatic rings. The second kappa shape index (κ2) is 10.2. The summed E-state index contributed by atoms with van der Waals surface area (Å²) in [6.45, 7) is 6.46. The Morgan fingerprint density at radius 1 is 1.03 bits per heavy atom. The lowest BCUT2D eigenvalue weighted by Gasteiger charge is -2.41. The Hall–Kier alpha value is -2.87. The number of carbonyl (C=O) groups is 1. The van der Waals surface area contributed by atoms with E-state index in [2.05, 4.69) is 0 Å². The zero-order chi connectivity index (χ0) is 23.2. The molecule has 0 bridgehead atoms. The molecule has 0 radical (unpaired) electrons. The molecule has 1 heterocycles. The number of benzene rings is 2. The third-order valence-corrected chi connectivity index (χ3v) is 5.07. The number of amides is 1. The number of likely N-dealkylation sites (tertiary alicyclic amines) is 1. The van der Waals surface area contributed by atoms with Crippen LogP contribution in [-0.2, 0) is 9.47 Å². The molecule has 6 nitrogen and oxygen atoms in total. The van der Waals surface area contributed by atoms with E-state index in [1.807, 2.05) is 39.0 Å². The molecule has 2 aromatic carbocycles. The number of hydrogen-bond acceptors (Lipinski definition) is 6. The predicted octanol–water partition coefficient (Wildman–Crippen LogP) is 5.35. The molecule has 172 valence electrons. The van der Waals surface area contributed by atoms with Crippen molar-refractivity contribution in [2.24, 2.45) is 0 Å². The van der Waals surface area contributed by atoms with E-state index in [1.165, 1.54) is 12.1 Å². The van der Waals surface area contributed by atoms with E-state index < -0.39 is 11.2 Å². The van der Waals surface area contributed by atoms with Crippen LogP contribution in [0.3, 0.4) is 0 Å². The van der Waals surface area contributed by atoms with Gasteiger partial charge in [-0.15, -0.1) is 0 Å². The molecule has 0 saturated carbocycles. The maximum Gasteiger partial charge on any atom is 0.410 e. The highest BCUT2D eigenvalue weighted by Crippen LogP contribution is 2.30. The maximum absolute atomic E-state index is 13.3. The van der Waals surface area contributed by atoms with Crippen molar-refractivity contribution >= 4 is 23.5 Å². The fourth-order valence-corrected chi connectivity index (χ4v) is 3.41. The van der Waals surface area contributed by atoms with Crippen molar-refractivity contribution < 1.29 is 28.1 Å². The molecule has 1 saturated heterocycles. The van der Waals surface area contributed by atoms with Gasteiger partial charge in [-0.1, -0.05) is 18.2 Å². The first-order valence-electron chi connectivity index (χ1n) is 10.5. The van der Waals surface area contributed by atoms with Crippen LogP contribution in [0.25, 0.3) is 0 Å². The summed E-state index contributed by atoms with van der Waals surface area (Å²) in [5, 5.41) is -0.0205. The van der Waals surface area contributed by atoms with Crippen LogP contribution in [0.1, 0.15) is 33.6 Å². The van der Waals surface area contributed by atoms with Gasteiger partial charge in [0.1, 0.15) is 35.1 Å². The number of thiocarbonyl (C=S) groups is 1. The molecule has 1 aliphatic rings. The van der Waals surface area contributed by atoms with Crippen LogP contribution >= 0.6 is 12.2 Å². The smallest absolute Gasteiger partial charge is 0.410 e. The van der Waals surface area contributed by atoms with Crippen molar-refractivity contribution in [1.82, 2.24) is 4.90 Å². The highest BCUT2D eigenvalue weighted by molar-refractivity contribution is 7.79. The molecule has 8 heteroatoms. The number of ether oxygens (including phenoxy) is 4. The van der Waals surface area contributed by atoms with Crippen LogP contribution in [0.2, 0.25) is 0 Å². The largest absolute Gasteiger partial charge is 0.484 e. The molecular formula is C24H28FNO5S. The lowest BCUT2D eigenvalue weighted by Crippen LogP contribution is -2.53. The maximum atomic E-state index is 13.3. The fourth-order valence-electron chi connectivity index (χ4n) is 3.26. The molecule has 0 unspecified atom stereocenters. The van der Waals surface area contributed by atoms with Crippen LogP contribution in [0.4, 0.5) is 9.18 Å². The molecule has 32 heavy (non-hydrogen) atoms. The summed E-state index contributed by atoms with van der Waals surface area (Å²) in [7, 11) is 0. The van der Waals surface area contributed by atoms with Crippen LogP contribution in [0, 0.1) is 5.82 Å². The van der Waals surface area contributed by atoms with Gasteiger partial charge in [0.05, 0.1) is 0 Å². The molecule has 0 atom stereocenters. The third kappa shape index (κ3) is 7.09. The standard InChI is InChI=1S/C24H28FNO5S/c1-23(2,3)31-21(27)26-15-13-24(14-16-26,30-20-11-9-18(25)10-12-20)17-28-22(32)29-19-7-5-4-6-8-19/h4-12H,13-17H2,1-3H3. The summed E-state index contributed by atoms with van der Waals surface area (Å²) in [6.07, 6.45) is 0.603. The number of rotatable bonds is 5. The SMILES string of the molecule is CC(C)(C)OC(=O)N1CCC(COC(=S)Oc2ccccc2)(Oc2ccc(F)cc2)CC1. The number of halogens is 1. The molecule has 1 fully saturated rings. The van der Waals surface area contributed by atoms with E-state index in [-0.39, 0.29) is 23.8 Å². The van der Waals surface area contributed by atoms with Gasteiger partial charge < -0.3 is 23.8 Å². The highest BCUT2D eigenvalue weighted by Gasteiger charge is 2.40. The van der Waals surface area contributed by atoms with E-state index in [9.17, 15) is 9.18 Å². The third-order valence-electron chi connectivity index (χ3n) is 4.87. The van der Waals surface area contributed by atoms with Gasteiger partial charge >= 0.3 is 11.3 Å². The first kappa shape index (κ1) is 23.8. The Kier molecular flexibility index (Phi) is 7.56. The number of para-hydroxylation sites is 1. The van der Waals surface area contributed by atoms with Crippen LogP contribution in [-0.4, -0.2) is 47.1 Å². The fraction of sp³-hybridized carbons (Fsp3) is 0.417. The van der Waals surface area contributed by atoms with Crippen molar-refractivity contribution in [1.29, 1.82) is 0 Å². The van der Waals surface area contributed by atoms with E-state index in [0.29, 0.717) is 37.4 Å². The average Bonchev–Trinajstić information content (AvgIpc) is 2.74. The lowest BCUT2D eigenvalue weighted by atomic mass is 9.92. The Labute approximate surface area is 193 Å². The summed E-state index contributed by atoms with van der Waals surface area (Å²) in [4.78, 5) is 14.1. The number of carbonyl (C=O) groups excluding carboxylic acids is 1. The van der Waals surface area contributed by atoms with Gasteiger partial charge in [-0.05, 0) is 57.2 Å². The quantitative estimate of drug-likeness (QED) is 0.559. The Bertz CT molecular complexity index is 906. The van der Waals surface area contributed by atoms with Gasteiger partial charge in [0, 0.05) is 38.1 Å². The lowest BCUT2D eigenvalue weighted by molar-refractivity contribution is -0.0446. The minimum atomic E-state index is -0.763. The van der Waals surface area contributed by atoms with E-state index in [0.717, 1.165) is 0 Å². The minimum Gasteiger partial charge on any atom is -0.484 e. The van der Waals surface area contributed by atoms with Crippen molar-refractivity contribution in [2.75, 3.05) is 19.7 Å². The molecule has 1 aliphatic heterocycles. The predicted molar refractivity (Wildman–Crippen MR) is 122 cm³/mol.